The number of ether oxygens (including phenoxy) is 2. The van der Waals surface area contributed by atoms with Crippen molar-refractivity contribution in [1.29, 1.82) is 0 Å². The number of amides is 1. The molecule has 124 valence electrons. The van der Waals surface area contributed by atoms with E-state index in [0.717, 1.165) is 0 Å². The van der Waals surface area contributed by atoms with Gasteiger partial charge in [-0.1, -0.05) is 23.7 Å². The van der Waals surface area contributed by atoms with Crippen LogP contribution in [0.2, 0.25) is 5.02 Å². The minimum atomic E-state index is -0.518. The van der Waals surface area contributed by atoms with Gasteiger partial charge in [-0.05, 0) is 36.4 Å². The van der Waals surface area contributed by atoms with Gasteiger partial charge < -0.3 is 14.4 Å². The average Bonchev–Trinajstić information content (AvgIpc) is 2.98. The van der Waals surface area contributed by atoms with E-state index in [1.54, 1.807) is 55.6 Å². The fraction of sp³-hybridized carbons (Fsp3) is 0.222. The summed E-state index contributed by atoms with van der Waals surface area (Å²) < 4.78 is 10.4. The van der Waals surface area contributed by atoms with Crippen LogP contribution in [0.3, 0.4) is 0 Å². The Kier molecular flexibility index (Phi) is 4.71. The molecule has 3 rings (SSSR count). The lowest BCUT2D eigenvalue weighted by atomic mass is 10.1. The molecule has 0 aromatic heterocycles. The highest BCUT2D eigenvalue weighted by atomic mass is 35.5. The fourth-order valence-corrected chi connectivity index (χ4v) is 2.85. The van der Waals surface area contributed by atoms with Crippen molar-refractivity contribution >= 4 is 29.2 Å². The number of halogens is 1. The molecular formula is C18H16ClNO4. The van der Waals surface area contributed by atoms with Crippen LogP contribution in [0, 0.1) is 5.92 Å². The number of rotatable bonds is 4. The Balaban J connectivity index is 1.68. The van der Waals surface area contributed by atoms with Crippen molar-refractivity contribution in [1.82, 2.24) is 0 Å². The summed E-state index contributed by atoms with van der Waals surface area (Å²) in [4.78, 5) is 26.1. The van der Waals surface area contributed by atoms with Gasteiger partial charge in [0.25, 0.3) is 0 Å². The van der Waals surface area contributed by atoms with Crippen LogP contribution in [0.4, 0.5) is 5.69 Å². The molecule has 0 saturated carbocycles. The quantitative estimate of drug-likeness (QED) is 0.630. The Morgan fingerprint density at radius 2 is 1.79 bits per heavy atom. The third-order valence-electron chi connectivity index (χ3n) is 3.88. The maximum atomic E-state index is 12.3. The second-order valence-electron chi connectivity index (χ2n) is 5.45. The minimum absolute atomic E-state index is 0.111. The van der Waals surface area contributed by atoms with E-state index >= 15 is 0 Å². The number of nitrogens with zero attached hydrogens (tertiary/aromatic N) is 1. The molecule has 0 spiro atoms. The summed E-state index contributed by atoms with van der Waals surface area (Å²) in [6, 6.07) is 13.8. The molecule has 1 heterocycles. The van der Waals surface area contributed by atoms with E-state index in [1.807, 2.05) is 0 Å². The SMILES string of the molecule is COc1ccc(OC(=O)[C@H]2CC(=O)N(c3ccccc3Cl)C2)cc1. The van der Waals surface area contributed by atoms with Crippen LogP contribution >= 0.6 is 11.6 Å². The van der Waals surface area contributed by atoms with Crippen molar-refractivity contribution in [2.24, 2.45) is 5.92 Å². The predicted octanol–water partition coefficient (Wildman–Crippen LogP) is 3.31. The van der Waals surface area contributed by atoms with Gasteiger partial charge in [-0.2, -0.15) is 0 Å². The topological polar surface area (TPSA) is 55.8 Å². The summed E-state index contributed by atoms with van der Waals surface area (Å²) >= 11 is 6.13. The lowest BCUT2D eigenvalue weighted by Crippen LogP contribution is -2.27. The molecule has 6 heteroatoms. The Hall–Kier alpha value is -2.53. The van der Waals surface area contributed by atoms with Crippen LogP contribution in [0.25, 0.3) is 0 Å². The molecule has 5 nitrogen and oxygen atoms in total. The van der Waals surface area contributed by atoms with E-state index in [0.29, 0.717) is 22.2 Å². The van der Waals surface area contributed by atoms with Crippen LogP contribution < -0.4 is 14.4 Å². The zero-order chi connectivity index (χ0) is 17.1. The molecule has 24 heavy (non-hydrogen) atoms. The summed E-state index contributed by atoms with van der Waals surface area (Å²) in [7, 11) is 1.56. The third kappa shape index (κ3) is 3.36. The van der Waals surface area contributed by atoms with Crippen molar-refractivity contribution in [2.75, 3.05) is 18.6 Å². The van der Waals surface area contributed by atoms with E-state index in [9.17, 15) is 9.59 Å². The van der Waals surface area contributed by atoms with E-state index in [4.69, 9.17) is 21.1 Å². The van der Waals surface area contributed by atoms with E-state index in [2.05, 4.69) is 0 Å². The number of anilines is 1. The van der Waals surface area contributed by atoms with Crippen molar-refractivity contribution in [3.8, 4) is 11.5 Å². The molecule has 1 aliphatic rings. The average molecular weight is 346 g/mol. The van der Waals surface area contributed by atoms with Crippen molar-refractivity contribution < 1.29 is 19.1 Å². The molecule has 1 saturated heterocycles. The normalized spacial score (nSPS) is 17.0. The van der Waals surface area contributed by atoms with Crippen molar-refractivity contribution in [3.05, 3.63) is 53.6 Å². The van der Waals surface area contributed by atoms with Gasteiger partial charge in [0.15, 0.2) is 0 Å². The molecule has 1 fully saturated rings. The molecule has 0 aliphatic carbocycles. The van der Waals surface area contributed by atoms with Gasteiger partial charge >= 0.3 is 5.97 Å². The van der Waals surface area contributed by atoms with Crippen LogP contribution in [-0.4, -0.2) is 25.5 Å². The number of esters is 1. The standard InChI is InChI=1S/C18H16ClNO4/c1-23-13-6-8-14(9-7-13)24-18(22)12-10-17(21)20(11-12)16-5-3-2-4-15(16)19/h2-9,12H,10-11H2,1H3/t12-/m0/s1. The van der Waals surface area contributed by atoms with Gasteiger partial charge in [-0.15, -0.1) is 0 Å². The number of benzene rings is 2. The Bertz CT molecular complexity index is 760. The first kappa shape index (κ1) is 16.3. The maximum Gasteiger partial charge on any atom is 0.316 e. The molecular weight excluding hydrogens is 330 g/mol. The van der Waals surface area contributed by atoms with Gasteiger partial charge in [-0.25, -0.2) is 0 Å². The lowest BCUT2D eigenvalue weighted by molar-refractivity contribution is -0.139. The third-order valence-corrected chi connectivity index (χ3v) is 4.20. The highest BCUT2D eigenvalue weighted by Gasteiger charge is 2.37. The second kappa shape index (κ2) is 6.93. The number of hydrogen-bond acceptors (Lipinski definition) is 4. The zero-order valence-electron chi connectivity index (χ0n) is 13.1. The fourth-order valence-electron chi connectivity index (χ4n) is 2.61. The second-order valence-corrected chi connectivity index (χ2v) is 5.86. The number of methoxy groups -OCH3 is 1. The summed E-state index contributed by atoms with van der Waals surface area (Å²) in [5.41, 5.74) is 0.615. The predicted molar refractivity (Wildman–Crippen MR) is 90.5 cm³/mol. The number of carbonyl (C=O) groups is 2. The molecule has 1 atom stereocenters. The molecule has 0 unspecified atom stereocenters. The molecule has 2 aromatic rings. The Labute approximate surface area is 144 Å². The maximum absolute atomic E-state index is 12.3. The number of hydrogen-bond donors (Lipinski definition) is 0. The summed E-state index contributed by atoms with van der Waals surface area (Å²) in [5, 5.41) is 0.482. The van der Waals surface area contributed by atoms with Crippen LogP contribution in [0.5, 0.6) is 11.5 Å². The van der Waals surface area contributed by atoms with Crippen molar-refractivity contribution in [3.63, 3.8) is 0 Å². The van der Waals surface area contributed by atoms with Gasteiger partial charge in [0.1, 0.15) is 11.5 Å². The first-order chi connectivity index (χ1) is 11.6. The first-order valence-electron chi connectivity index (χ1n) is 7.49. The Morgan fingerprint density at radius 3 is 2.46 bits per heavy atom. The Morgan fingerprint density at radius 1 is 1.12 bits per heavy atom. The molecule has 0 radical (unpaired) electrons. The summed E-state index contributed by atoms with van der Waals surface area (Å²) in [6.07, 6.45) is 0.111. The van der Waals surface area contributed by atoms with E-state index in [1.165, 1.54) is 4.90 Å². The number of para-hydroxylation sites is 1. The molecule has 0 N–H and O–H groups in total. The monoisotopic (exact) mass is 345 g/mol. The smallest absolute Gasteiger partial charge is 0.316 e. The van der Waals surface area contributed by atoms with Crippen LogP contribution in [0.15, 0.2) is 48.5 Å². The number of carbonyl (C=O) groups excluding carboxylic acids is 2. The van der Waals surface area contributed by atoms with Gasteiger partial charge in [-0.3, -0.25) is 9.59 Å². The highest BCUT2D eigenvalue weighted by molar-refractivity contribution is 6.33. The summed E-state index contributed by atoms with van der Waals surface area (Å²) in [6.45, 7) is 0.261. The van der Waals surface area contributed by atoms with Crippen LogP contribution in [-0.2, 0) is 9.59 Å². The lowest BCUT2D eigenvalue weighted by Gasteiger charge is -2.17. The van der Waals surface area contributed by atoms with E-state index < -0.39 is 11.9 Å². The largest absolute Gasteiger partial charge is 0.497 e. The zero-order valence-corrected chi connectivity index (χ0v) is 13.8. The van der Waals surface area contributed by atoms with Gasteiger partial charge in [0.05, 0.1) is 23.7 Å². The van der Waals surface area contributed by atoms with Crippen LogP contribution in [0.1, 0.15) is 6.42 Å². The summed E-state index contributed by atoms with van der Waals surface area (Å²) in [5.74, 6) is 0.0129. The molecule has 1 aliphatic heterocycles. The first-order valence-corrected chi connectivity index (χ1v) is 7.87. The van der Waals surface area contributed by atoms with Crippen molar-refractivity contribution in [2.45, 2.75) is 6.42 Å². The highest BCUT2D eigenvalue weighted by Crippen LogP contribution is 2.31. The molecule has 1 amide bonds. The molecule has 2 aromatic carbocycles. The van der Waals surface area contributed by atoms with Gasteiger partial charge in [0, 0.05) is 13.0 Å². The minimum Gasteiger partial charge on any atom is -0.497 e. The van der Waals surface area contributed by atoms with E-state index in [-0.39, 0.29) is 18.9 Å². The molecule has 0 bridgehead atoms. The van der Waals surface area contributed by atoms with Gasteiger partial charge in [0.2, 0.25) is 5.91 Å².